The minimum atomic E-state index is -0.142. The van der Waals surface area contributed by atoms with Gasteiger partial charge in [0.1, 0.15) is 5.82 Å². The molecule has 328 valence electrons. The van der Waals surface area contributed by atoms with Crippen molar-refractivity contribution in [1.82, 2.24) is 23.5 Å². The maximum Gasteiger partial charge on any atom is 2.00 e. The van der Waals surface area contributed by atoms with Gasteiger partial charge in [0, 0.05) is 67.9 Å². The normalized spacial score (nSPS) is 14.3. The molecule has 13 rings (SSSR count). The molecule has 6 heterocycles. The van der Waals surface area contributed by atoms with E-state index in [-0.39, 0.29) is 37.3 Å². The van der Waals surface area contributed by atoms with Gasteiger partial charge in [0.25, 0.3) is 0 Å². The van der Waals surface area contributed by atoms with E-state index >= 15 is 0 Å². The zero-order valence-electron chi connectivity index (χ0n) is 38.5. The average molecular weight is 1050 g/mol. The molecule has 5 aromatic heterocycles. The molecular weight excluding hydrogens is 1000 g/mol. The third kappa shape index (κ3) is 5.85. The number of rotatable bonds is 5. The summed E-state index contributed by atoms with van der Waals surface area (Å²) < 4.78 is 13.8. The van der Waals surface area contributed by atoms with Gasteiger partial charge in [0.2, 0.25) is 0 Å². The first-order valence-corrected chi connectivity index (χ1v) is 22.9. The van der Waals surface area contributed by atoms with Gasteiger partial charge in [-0.25, -0.2) is 4.98 Å². The molecule has 7 aromatic carbocycles. The number of hydrogen-bond acceptors (Lipinski definition) is 3. The van der Waals surface area contributed by atoms with E-state index in [4.69, 9.17) is 14.7 Å². The zero-order chi connectivity index (χ0) is 44.9. The molecule has 0 spiro atoms. The summed E-state index contributed by atoms with van der Waals surface area (Å²) in [4.78, 5) is 10.1. The van der Waals surface area contributed by atoms with Crippen LogP contribution in [0, 0.1) is 12.1 Å². The number of ether oxygens (including phenoxy) is 1. The number of nitrogens with zero attached hydrogens (tertiary/aromatic N) is 5. The smallest absolute Gasteiger partial charge is 0.503 e. The van der Waals surface area contributed by atoms with Crippen LogP contribution < -0.4 is 4.74 Å². The van der Waals surface area contributed by atoms with Crippen molar-refractivity contribution < 1.29 is 25.8 Å². The Balaban J connectivity index is 0.00000468. The van der Waals surface area contributed by atoms with E-state index in [0.29, 0.717) is 11.5 Å². The van der Waals surface area contributed by atoms with E-state index in [1.54, 1.807) is 0 Å². The van der Waals surface area contributed by atoms with Crippen molar-refractivity contribution in [3.8, 4) is 34.1 Å². The van der Waals surface area contributed by atoms with E-state index in [2.05, 4.69) is 214 Å². The quantitative estimate of drug-likeness (QED) is 0.127. The van der Waals surface area contributed by atoms with Crippen LogP contribution in [-0.2, 0) is 37.3 Å². The average Bonchev–Trinajstić information content (AvgIpc) is 4.02. The zero-order valence-corrected chi connectivity index (χ0v) is 40.7. The summed E-state index contributed by atoms with van der Waals surface area (Å²) in [5.41, 5.74) is 13.4. The first-order valence-electron chi connectivity index (χ1n) is 22.9. The molecule has 0 bridgehead atoms. The Hall–Kier alpha value is -7.01. The molecule has 6 nitrogen and oxygen atoms in total. The summed E-state index contributed by atoms with van der Waals surface area (Å²) in [5, 5.41) is 7.88. The van der Waals surface area contributed by atoms with Crippen LogP contribution in [-0.4, -0.2) is 23.5 Å². The molecule has 0 atom stereocenters. The van der Waals surface area contributed by atoms with Gasteiger partial charge in [-0.3, -0.25) is 4.98 Å². The Bertz CT molecular complexity index is 4010. The van der Waals surface area contributed by atoms with Crippen molar-refractivity contribution >= 4 is 70.9 Å². The van der Waals surface area contributed by atoms with Crippen molar-refractivity contribution in [3.05, 3.63) is 187 Å². The van der Waals surface area contributed by atoms with Gasteiger partial charge in [-0.2, -0.15) is 6.07 Å². The molecule has 0 N–H and O–H groups in total. The van der Waals surface area contributed by atoms with Gasteiger partial charge in [0.15, 0.2) is 0 Å². The number of imidazole rings is 1. The van der Waals surface area contributed by atoms with Gasteiger partial charge in [-0.1, -0.05) is 150 Å². The van der Waals surface area contributed by atoms with Crippen LogP contribution in [0.1, 0.15) is 65.3 Å². The van der Waals surface area contributed by atoms with Gasteiger partial charge in [0.05, 0.1) is 16.7 Å². The Morgan fingerprint density at radius 2 is 1.30 bits per heavy atom. The molecule has 0 aliphatic carbocycles. The van der Waals surface area contributed by atoms with Crippen molar-refractivity contribution in [2.45, 2.75) is 64.7 Å². The minimum absolute atomic E-state index is 0. The van der Waals surface area contributed by atoms with E-state index in [1.165, 1.54) is 55.1 Å². The molecule has 12 aromatic rings. The predicted molar refractivity (Wildman–Crippen MR) is 271 cm³/mol. The second-order valence-electron chi connectivity index (χ2n) is 20.2. The van der Waals surface area contributed by atoms with Crippen molar-refractivity contribution in [1.29, 1.82) is 0 Å². The molecule has 0 fully saturated rings. The fourth-order valence-electron chi connectivity index (χ4n) is 10.9. The maximum absolute atomic E-state index is 6.78. The summed E-state index contributed by atoms with van der Waals surface area (Å²) in [6.45, 7) is 16.1. The summed E-state index contributed by atoms with van der Waals surface area (Å²) in [6.07, 6.45) is 3.98. The van der Waals surface area contributed by atoms with Crippen molar-refractivity contribution in [2.75, 3.05) is 0 Å². The van der Waals surface area contributed by atoms with E-state index in [1.807, 2.05) is 18.3 Å². The number of fused-ring (bicyclic) bond motifs is 9. The summed E-state index contributed by atoms with van der Waals surface area (Å²) in [6, 6.07) is 59.7. The summed E-state index contributed by atoms with van der Waals surface area (Å²) in [7, 11) is 0. The fraction of sp³-hybridized carbons (Fsp3) is 0.167. The van der Waals surface area contributed by atoms with E-state index < -0.39 is 0 Å². The van der Waals surface area contributed by atoms with Gasteiger partial charge >= 0.3 is 21.1 Å². The van der Waals surface area contributed by atoms with Crippen molar-refractivity contribution in [3.63, 3.8) is 0 Å². The van der Waals surface area contributed by atoms with Crippen LogP contribution >= 0.6 is 0 Å². The van der Waals surface area contributed by atoms with Crippen LogP contribution in [0.25, 0.3) is 93.6 Å². The first kappa shape index (κ1) is 41.4. The molecule has 0 saturated carbocycles. The molecule has 0 radical (unpaired) electrons. The number of benzene rings is 7. The number of para-hydroxylation sites is 3. The number of pyridine rings is 2. The topological polar surface area (TPSA) is 49.3 Å². The molecule has 67 heavy (non-hydrogen) atoms. The fourth-order valence-corrected chi connectivity index (χ4v) is 10.9. The monoisotopic (exact) mass is 1050 g/mol. The van der Waals surface area contributed by atoms with Gasteiger partial charge < -0.3 is 18.3 Å². The molecule has 1 aliphatic rings. The van der Waals surface area contributed by atoms with E-state index in [9.17, 15) is 0 Å². The summed E-state index contributed by atoms with van der Waals surface area (Å²) >= 11 is 0. The first-order chi connectivity index (χ1) is 31.9. The van der Waals surface area contributed by atoms with Gasteiger partial charge in [-0.05, 0) is 80.9 Å². The largest absolute Gasteiger partial charge is 2.00 e. The molecule has 7 heteroatoms. The molecule has 1 aliphatic heterocycles. The van der Waals surface area contributed by atoms with Gasteiger partial charge in [-0.15, -0.1) is 29.7 Å². The molecule has 0 amide bonds. The maximum atomic E-state index is 6.78. The predicted octanol–water partition coefficient (Wildman–Crippen LogP) is 15.2. The van der Waals surface area contributed by atoms with Crippen LogP contribution in [0.4, 0.5) is 0 Å². The van der Waals surface area contributed by atoms with E-state index in [0.717, 1.165) is 55.3 Å². The van der Waals surface area contributed by atoms with Crippen LogP contribution in [0.5, 0.6) is 11.5 Å². The Morgan fingerprint density at radius 3 is 2.12 bits per heavy atom. The SMILES string of the molecule is CC(C)(C)c1ccnc(-n2c3[c-]c(Oc4[c-]c5c(cc4)c4cccc6c4n4c(cnc54)C(C)(C)C6(C)C)ccc3c3cc(-c4cccc5c4c4ccccc4n5-c4ccccc4)ccc32)c1.[Pt+2]. The second-order valence-corrected chi connectivity index (χ2v) is 20.2. The Morgan fingerprint density at radius 1 is 0.582 bits per heavy atom. The third-order valence-corrected chi connectivity index (χ3v) is 15.1. The minimum Gasteiger partial charge on any atom is -0.503 e. The van der Waals surface area contributed by atoms with Crippen molar-refractivity contribution in [2.24, 2.45) is 0 Å². The Labute approximate surface area is 403 Å². The van der Waals surface area contributed by atoms with Crippen LogP contribution in [0.2, 0.25) is 0 Å². The number of hydrogen-bond donors (Lipinski definition) is 0. The molecule has 0 saturated heterocycles. The summed E-state index contributed by atoms with van der Waals surface area (Å²) in [5.74, 6) is 2.04. The third-order valence-electron chi connectivity index (χ3n) is 15.1. The van der Waals surface area contributed by atoms with Crippen LogP contribution in [0.15, 0.2) is 158 Å². The molecular formula is C60H47N5OPt. The van der Waals surface area contributed by atoms with Crippen LogP contribution in [0.3, 0.4) is 0 Å². The standard InChI is InChI=1S/C60H47N5O.Pt/c1-58(2,3)37-29-30-61-54(32-37)64-50-28-23-36(41-18-14-22-51-55(41)45-17-11-12-21-49(45)63(51)38-15-9-8-10-16-38)31-46(50)43-27-25-40(34-52(43)64)66-39-24-26-42-44-19-13-20-48-56(44)65-53(60(6,7)59(48,4)5)35-62-57(65)47(42)33-39;/h8-32,35H,1-7H3;/q-2;+2. The number of aromatic nitrogens is 5. The second kappa shape index (κ2) is 14.5. The molecule has 0 unspecified atom stereocenters. The Kier molecular flexibility index (Phi) is 8.96.